The fourth-order valence-electron chi connectivity index (χ4n) is 1.66. The van der Waals surface area contributed by atoms with Crippen molar-refractivity contribution in [2.75, 3.05) is 5.73 Å². The molecule has 0 radical (unpaired) electrons. The molecule has 3 heteroatoms. The quantitative estimate of drug-likeness (QED) is 0.769. The summed E-state index contributed by atoms with van der Waals surface area (Å²) in [6.07, 6.45) is 1.85. The van der Waals surface area contributed by atoms with Gasteiger partial charge >= 0.3 is 0 Å². The van der Waals surface area contributed by atoms with Gasteiger partial charge in [0, 0.05) is 0 Å². The minimum Gasteiger partial charge on any atom is -0.396 e. The molecular weight excluding hydrogens is 186 g/mol. The molecule has 0 saturated heterocycles. The molecule has 1 aromatic heterocycles. The largest absolute Gasteiger partial charge is 0.396 e. The molecule has 1 aromatic carbocycles. The van der Waals surface area contributed by atoms with Crippen LogP contribution in [0.5, 0.6) is 0 Å². The molecule has 3 nitrogen and oxygen atoms in total. The van der Waals surface area contributed by atoms with Crippen molar-refractivity contribution in [3.8, 4) is 5.69 Å². The molecule has 0 aliphatic heterocycles. The molecule has 0 amide bonds. The fraction of sp³-hybridized carbons (Fsp3) is 0.250. The topological polar surface area (TPSA) is 43.8 Å². The number of aromatic nitrogens is 2. The van der Waals surface area contributed by atoms with Crippen LogP contribution in [0.1, 0.15) is 16.8 Å². The zero-order chi connectivity index (χ0) is 11.0. The Kier molecular flexibility index (Phi) is 2.23. The van der Waals surface area contributed by atoms with E-state index < -0.39 is 0 Å². The van der Waals surface area contributed by atoms with Crippen molar-refractivity contribution < 1.29 is 0 Å². The van der Waals surface area contributed by atoms with Gasteiger partial charge < -0.3 is 5.73 Å². The molecule has 0 atom stereocenters. The third kappa shape index (κ3) is 1.73. The predicted molar refractivity (Wildman–Crippen MR) is 62.2 cm³/mol. The molecule has 0 aliphatic rings. The van der Waals surface area contributed by atoms with E-state index in [1.54, 1.807) is 0 Å². The van der Waals surface area contributed by atoms with Crippen LogP contribution in [0, 0.1) is 20.8 Å². The van der Waals surface area contributed by atoms with E-state index in [0.717, 1.165) is 17.1 Å². The van der Waals surface area contributed by atoms with Crippen LogP contribution in [-0.2, 0) is 0 Å². The summed E-state index contributed by atoms with van der Waals surface area (Å²) in [6, 6.07) is 6.29. The molecule has 2 aromatic rings. The molecule has 1 heterocycles. The number of nitrogen functional groups attached to an aromatic ring is 1. The molecule has 0 unspecified atom stereocenters. The van der Waals surface area contributed by atoms with Crippen molar-refractivity contribution in [3.63, 3.8) is 0 Å². The van der Waals surface area contributed by atoms with Crippen molar-refractivity contribution in [2.24, 2.45) is 0 Å². The van der Waals surface area contributed by atoms with Crippen LogP contribution < -0.4 is 5.73 Å². The molecule has 15 heavy (non-hydrogen) atoms. The first-order valence-corrected chi connectivity index (χ1v) is 4.97. The van der Waals surface area contributed by atoms with E-state index in [1.807, 2.05) is 17.8 Å². The molecule has 78 valence electrons. The van der Waals surface area contributed by atoms with Gasteiger partial charge in [-0.1, -0.05) is 17.7 Å². The lowest BCUT2D eigenvalue weighted by Gasteiger charge is -2.06. The third-order valence-electron chi connectivity index (χ3n) is 2.54. The lowest BCUT2D eigenvalue weighted by atomic mass is 10.1. The summed E-state index contributed by atoms with van der Waals surface area (Å²) in [5.74, 6) is 0. The Morgan fingerprint density at radius 1 is 1.20 bits per heavy atom. The van der Waals surface area contributed by atoms with E-state index in [1.165, 1.54) is 11.1 Å². The highest BCUT2D eigenvalue weighted by Crippen LogP contribution is 2.17. The van der Waals surface area contributed by atoms with Crippen LogP contribution >= 0.6 is 0 Å². The van der Waals surface area contributed by atoms with E-state index >= 15 is 0 Å². The van der Waals surface area contributed by atoms with Gasteiger partial charge in [-0.3, -0.25) is 0 Å². The first kappa shape index (κ1) is 9.77. The Morgan fingerprint density at radius 3 is 2.47 bits per heavy atom. The summed E-state index contributed by atoms with van der Waals surface area (Å²) in [6.45, 7) is 6.07. The summed E-state index contributed by atoms with van der Waals surface area (Å²) in [7, 11) is 0. The molecule has 2 N–H and O–H groups in total. The van der Waals surface area contributed by atoms with E-state index in [2.05, 4.69) is 37.1 Å². The first-order chi connectivity index (χ1) is 7.08. The molecule has 0 saturated carbocycles. The van der Waals surface area contributed by atoms with E-state index in [-0.39, 0.29) is 0 Å². The second-order valence-electron chi connectivity index (χ2n) is 3.90. The monoisotopic (exact) mass is 201 g/mol. The normalized spacial score (nSPS) is 10.6. The third-order valence-corrected chi connectivity index (χ3v) is 2.54. The van der Waals surface area contributed by atoms with Gasteiger partial charge in [-0.25, -0.2) is 4.68 Å². The summed E-state index contributed by atoms with van der Waals surface area (Å²) < 4.78 is 1.83. The second-order valence-corrected chi connectivity index (χ2v) is 3.90. The molecular formula is C12H15N3. The average Bonchev–Trinajstić information content (AvgIpc) is 2.46. The van der Waals surface area contributed by atoms with Gasteiger partial charge in [0.05, 0.1) is 23.3 Å². The van der Waals surface area contributed by atoms with Crippen molar-refractivity contribution >= 4 is 5.69 Å². The number of anilines is 1. The molecule has 0 spiro atoms. The Morgan fingerprint density at radius 2 is 1.93 bits per heavy atom. The summed E-state index contributed by atoms with van der Waals surface area (Å²) in [5, 5.41) is 4.36. The van der Waals surface area contributed by atoms with Crippen LogP contribution in [0.4, 0.5) is 5.69 Å². The number of rotatable bonds is 1. The number of aryl methyl sites for hydroxylation is 3. The Balaban J connectivity index is 2.54. The van der Waals surface area contributed by atoms with Crippen LogP contribution in [-0.4, -0.2) is 9.78 Å². The first-order valence-electron chi connectivity index (χ1n) is 4.97. The maximum atomic E-state index is 5.77. The Bertz CT molecular complexity index is 478. The number of benzene rings is 1. The summed E-state index contributed by atoms with van der Waals surface area (Å²) in [4.78, 5) is 0. The van der Waals surface area contributed by atoms with Crippen LogP contribution in [0.3, 0.4) is 0 Å². The van der Waals surface area contributed by atoms with Crippen LogP contribution in [0.25, 0.3) is 5.69 Å². The lowest BCUT2D eigenvalue weighted by molar-refractivity contribution is 0.855. The Hall–Kier alpha value is -1.77. The minimum atomic E-state index is 0.731. The van der Waals surface area contributed by atoms with Gasteiger partial charge in [0.2, 0.25) is 0 Å². The maximum absolute atomic E-state index is 5.77. The Labute approximate surface area is 89.5 Å². The van der Waals surface area contributed by atoms with Crippen LogP contribution in [0.15, 0.2) is 24.4 Å². The second kappa shape index (κ2) is 3.42. The van der Waals surface area contributed by atoms with E-state index in [0.29, 0.717) is 0 Å². The van der Waals surface area contributed by atoms with Gasteiger partial charge in [-0.2, -0.15) is 5.10 Å². The highest BCUT2D eigenvalue weighted by atomic mass is 15.3. The molecule has 0 bridgehead atoms. The van der Waals surface area contributed by atoms with E-state index in [9.17, 15) is 0 Å². The number of hydrogen-bond acceptors (Lipinski definition) is 2. The highest BCUT2D eigenvalue weighted by molar-refractivity contribution is 5.47. The zero-order valence-electron chi connectivity index (χ0n) is 9.28. The van der Waals surface area contributed by atoms with Crippen molar-refractivity contribution in [1.82, 2.24) is 9.78 Å². The highest BCUT2D eigenvalue weighted by Gasteiger charge is 2.05. The van der Waals surface area contributed by atoms with E-state index in [4.69, 9.17) is 5.73 Å². The van der Waals surface area contributed by atoms with Gasteiger partial charge in [-0.05, 0) is 32.4 Å². The average molecular weight is 201 g/mol. The lowest BCUT2D eigenvalue weighted by Crippen LogP contribution is -1.98. The predicted octanol–water partition coefficient (Wildman–Crippen LogP) is 2.38. The van der Waals surface area contributed by atoms with Crippen LogP contribution in [0.2, 0.25) is 0 Å². The smallest absolute Gasteiger partial charge is 0.0827 e. The van der Waals surface area contributed by atoms with Gasteiger partial charge in [0.1, 0.15) is 0 Å². The number of nitrogens with two attached hydrogens (primary N) is 1. The van der Waals surface area contributed by atoms with Gasteiger partial charge in [0.15, 0.2) is 0 Å². The molecule has 0 aliphatic carbocycles. The minimum absolute atomic E-state index is 0.731. The summed E-state index contributed by atoms with van der Waals surface area (Å²) in [5.41, 5.74) is 10.9. The van der Waals surface area contributed by atoms with Crippen molar-refractivity contribution in [2.45, 2.75) is 20.8 Å². The number of nitrogens with zero attached hydrogens (tertiary/aromatic N) is 2. The van der Waals surface area contributed by atoms with Crippen molar-refractivity contribution in [1.29, 1.82) is 0 Å². The fourth-order valence-corrected chi connectivity index (χ4v) is 1.66. The molecule has 0 fully saturated rings. The molecule has 2 rings (SSSR count). The van der Waals surface area contributed by atoms with Crippen molar-refractivity contribution in [3.05, 3.63) is 41.2 Å². The SMILES string of the molecule is Cc1ccc(-n2cc(N)c(C)n2)c(C)c1. The zero-order valence-corrected chi connectivity index (χ0v) is 9.28. The van der Waals surface area contributed by atoms with Gasteiger partial charge in [0.25, 0.3) is 0 Å². The van der Waals surface area contributed by atoms with Gasteiger partial charge in [-0.15, -0.1) is 0 Å². The summed E-state index contributed by atoms with van der Waals surface area (Å²) >= 11 is 0. The standard InChI is InChI=1S/C12H15N3/c1-8-4-5-12(9(2)6-8)15-7-11(13)10(3)14-15/h4-7H,13H2,1-3H3. The number of hydrogen-bond donors (Lipinski definition) is 1. The maximum Gasteiger partial charge on any atom is 0.0827 e.